The first kappa shape index (κ1) is 15.8. The summed E-state index contributed by atoms with van der Waals surface area (Å²) in [5.74, 6) is 0.882. The summed E-state index contributed by atoms with van der Waals surface area (Å²) in [5, 5.41) is 8.66. The molecule has 0 N–H and O–H groups in total. The van der Waals surface area contributed by atoms with Gasteiger partial charge in [-0.05, 0) is 68.8 Å². The summed E-state index contributed by atoms with van der Waals surface area (Å²) < 4.78 is 5.05. The van der Waals surface area contributed by atoms with Crippen LogP contribution in [0.2, 0.25) is 0 Å². The molecule has 4 heteroatoms. The highest BCUT2D eigenvalue weighted by Gasteiger charge is 2.57. The summed E-state index contributed by atoms with van der Waals surface area (Å²) in [4.78, 5) is 11.7. The van der Waals surface area contributed by atoms with E-state index in [4.69, 9.17) is 4.74 Å². The molecule has 2 aliphatic carbocycles. The Morgan fingerprint density at radius 1 is 1.38 bits per heavy atom. The van der Waals surface area contributed by atoms with E-state index in [0.717, 1.165) is 44.1 Å². The Morgan fingerprint density at radius 2 is 2.21 bits per heavy atom. The highest BCUT2D eigenvalue weighted by atomic mass is 16.5. The maximum Gasteiger partial charge on any atom is 0.334 e. The van der Waals surface area contributed by atoms with Crippen LogP contribution in [-0.4, -0.2) is 24.5 Å². The Balaban J connectivity index is 1.59. The molecule has 4 atom stereocenters. The average molecular weight is 326 g/mol. The Morgan fingerprint density at radius 3 is 2.96 bits per heavy atom. The summed E-state index contributed by atoms with van der Waals surface area (Å²) in [6.07, 6.45) is 10.2. The number of cyclic esters (lactones) is 1. The first-order valence-corrected chi connectivity index (χ1v) is 9.10. The lowest BCUT2D eigenvalue weighted by Gasteiger charge is -2.57. The topological polar surface area (TPSA) is 51.0 Å². The molecule has 2 fully saturated rings. The van der Waals surface area contributed by atoms with E-state index in [9.17, 15) is 4.79 Å². The number of rotatable bonds is 3. The van der Waals surface area contributed by atoms with Crippen molar-refractivity contribution in [1.29, 1.82) is 0 Å². The predicted octanol–water partition coefficient (Wildman–Crippen LogP) is 4.08. The first-order chi connectivity index (χ1) is 11.4. The van der Waals surface area contributed by atoms with Gasteiger partial charge in [0.2, 0.25) is 0 Å². The number of nitrogens with zero attached hydrogens (tertiary/aromatic N) is 2. The molecule has 4 nitrogen and oxygen atoms in total. The van der Waals surface area contributed by atoms with Gasteiger partial charge in [0.05, 0.1) is 5.71 Å². The van der Waals surface area contributed by atoms with Gasteiger partial charge in [-0.1, -0.05) is 19.1 Å². The maximum absolute atomic E-state index is 11.7. The highest BCUT2D eigenvalue weighted by Crippen LogP contribution is 2.61. The van der Waals surface area contributed by atoms with Crippen molar-refractivity contribution < 1.29 is 9.53 Å². The summed E-state index contributed by atoms with van der Waals surface area (Å²) in [7, 11) is 0. The van der Waals surface area contributed by atoms with Gasteiger partial charge in [0.15, 0.2) is 0 Å². The largest absolute Gasteiger partial charge is 0.458 e. The van der Waals surface area contributed by atoms with Crippen LogP contribution in [-0.2, 0) is 9.53 Å². The van der Waals surface area contributed by atoms with Crippen molar-refractivity contribution >= 4 is 17.9 Å². The quantitative estimate of drug-likeness (QED) is 0.579. The summed E-state index contributed by atoms with van der Waals surface area (Å²) in [6.45, 7) is 9.59. The van der Waals surface area contributed by atoms with Crippen molar-refractivity contribution in [3.63, 3.8) is 0 Å². The second-order valence-electron chi connectivity index (χ2n) is 8.25. The SMILES string of the molecule is C=C1CCC2[C@@](C)(CCC3=NN=C[C@]32C)C1CCC1=CCOC1=O. The van der Waals surface area contributed by atoms with Crippen LogP contribution in [0.1, 0.15) is 52.4 Å². The molecule has 128 valence electrons. The van der Waals surface area contributed by atoms with Crippen molar-refractivity contribution in [3.8, 4) is 0 Å². The van der Waals surface area contributed by atoms with E-state index >= 15 is 0 Å². The molecule has 0 aromatic heterocycles. The van der Waals surface area contributed by atoms with Gasteiger partial charge in [0.25, 0.3) is 0 Å². The fraction of sp³-hybridized carbons (Fsp3) is 0.650. The Hall–Kier alpha value is -1.71. The summed E-state index contributed by atoms with van der Waals surface area (Å²) in [5.41, 5.74) is 3.69. The van der Waals surface area contributed by atoms with Crippen LogP contribution in [0, 0.1) is 22.7 Å². The maximum atomic E-state index is 11.7. The van der Waals surface area contributed by atoms with Crippen molar-refractivity contribution in [1.82, 2.24) is 0 Å². The van der Waals surface area contributed by atoms with Crippen LogP contribution in [0.15, 0.2) is 34.0 Å². The molecule has 0 spiro atoms. The standard InChI is InChI=1S/C20H26N2O2/c1-13-4-7-16-19(2,10-8-17-20(16,3)12-21-22-17)15(13)6-5-14-9-11-24-18(14)23/h9,12,15-16H,1,4-8,10-11H2,2-3H3/t15?,16?,19-,20-/m0/s1. The molecule has 4 aliphatic rings. The van der Waals surface area contributed by atoms with Gasteiger partial charge >= 0.3 is 5.97 Å². The number of carbonyl (C=O) groups excluding carboxylic acids is 1. The fourth-order valence-corrected chi connectivity index (χ4v) is 5.71. The normalized spacial score (nSPS) is 40.8. The minimum absolute atomic E-state index is 0.0114. The van der Waals surface area contributed by atoms with E-state index in [1.165, 1.54) is 11.3 Å². The Kier molecular flexibility index (Phi) is 3.55. The molecule has 0 radical (unpaired) electrons. The fourth-order valence-electron chi connectivity index (χ4n) is 5.71. The summed E-state index contributed by atoms with van der Waals surface area (Å²) >= 11 is 0. The number of ether oxygens (including phenoxy) is 1. The molecule has 24 heavy (non-hydrogen) atoms. The molecule has 2 heterocycles. The van der Waals surface area contributed by atoms with E-state index in [1.807, 2.05) is 6.08 Å². The molecule has 0 saturated heterocycles. The molecule has 0 aromatic carbocycles. The van der Waals surface area contributed by atoms with E-state index in [-0.39, 0.29) is 16.8 Å². The minimum atomic E-state index is -0.133. The third-order valence-electron chi connectivity index (χ3n) is 7.10. The number of allylic oxidation sites excluding steroid dienone is 1. The van der Waals surface area contributed by atoms with Crippen molar-refractivity contribution in [2.24, 2.45) is 32.9 Å². The van der Waals surface area contributed by atoms with Crippen molar-refractivity contribution in [2.75, 3.05) is 6.61 Å². The van der Waals surface area contributed by atoms with Crippen LogP contribution >= 0.6 is 0 Å². The van der Waals surface area contributed by atoms with Crippen LogP contribution in [0.25, 0.3) is 0 Å². The third kappa shape index (κ3) is 2.15. The van der Waals surface area contributed by atoms with E-state index in [2.05, 4.69) is 36.8 Å². The number of carbonyl (C=O) groups is 1. The van der Waals surface area contributed by atoms with E-state index in [0.29, 0.717) is 18.4 Å². The smallest absolute Gasteiger partial charge is 0.334 e. The molecule has 0 aromatic rings. The molecular weight excluding hydrogens is 300 g/mol. The zero-order valence-electron chi connectivity index (χ0n) is 14.7. The van der Waals surface area contributed by atoms with Crippen LogP contribution in [0.3, 0.4) is 0 Å². The molecule has 0 amide bonds. The lowest BCUT2D eigenvalue weighted by molar-refractivity contribution is -0.136. The monoisotopic (exact) mass is 326 g/mol. The lowest BCUT2D eigenvalue weighted by Crippen LogP contribution is -2.54. The van der Waals surface area contributed by atoms with Crippen molar-refractivity contribution in [3.05, 3.63) is 23.8 Å². The van der Waals surface area contributed by atoms with Gasteiger partial charge in [-0.3, -0.25) is 0 Å². The Labute approximate surface area is 143 Å². The third-order valence-corrected chi connectivity index (χ3v) is 7.10. The van der Waals surface area contributed by atoms with Crippen molar-refractivity contribution in [2.45, 2.75) is 52.4 Å². The minimum Gasteiger partial charge on any atom is -0.458 e. The average Bonchev–Trinajstić information content (AvgIpc) is 3.11. The second-order valence-corrected chi connectivity index (χ2v) is 8.25. The second kappa shape index (κ2) is 5.40. The Bertz CT molecular complexity index is 690. The van der Waals surface area contributed by atoms with Crippen LogP contribution in [0.4, 0.5) is 0 Å². The first-order valence-electron chi connectivity index (χ1n) is 9.10. The van der Waals surface area contributed by atoms with Gasteiger partial charge in [-0.2, -0.15) is 10.2 Å². The molecule has 2 saturated carbocycles. The molecule has 4 rings (SSSR count). The number of hydrogen-bond acceptors (Lipinski definition) is 4. The van der Waals surface area contributed by atoms with Gasteiger partial charge in [0, 0.05) is 17.2 Å². The molecule has 2 unspecified atom stereocenters. The van der Waals surface area contributed by atoms with Crippen LogP contribution in [0.5, 0.6) is 0 Å². The lowest BCUT2D eigenvalue weighted by atomic mass is 9.46. The van der Waals surface area contributed by atoms with E-state index < -0.39 is 0 Å². The zero-order valence-corrected chi connectivity index (χ0v) is 14.7. The predicted molar refractivity (Wildman–Crippen MR) is 95.0 cm³/mol. The number of fused-ring (bicyclic) bond motifs is 3. The van der Waals surface area contributed by atoms with Gasteiger partial charge in [0.1, 0.15) is 6.61 Å². The van der Waals surface area contributed by atoms with Gasteiger partial charge in [-0.25, -0.2) is 4.79 Å². The molecule has 0 bridgehead atoms. The summed E-state index contributed by atoms with van der Waals surface area (Å²) in [6, 6.07) is 0. The number of esters is 1. The molecular formula is C20H26N2O2. The van der Waals surface area contributed by atoms with Gasteiger partial charge in [-0.15, -0.1) is 0 Å². The number of hydrogen-bond donors (Lipinski definition) is 0. The highest BCUT2D eigenvalue weighted by molar-refractivity contribution is 6.06. The van der Waals surface area contributed by atoms with E-state index in [1.54, 1.807) is 0 Å². The zero-order chi connectivity index (χ0) is 16.9. The van der Waals surface area contributed by atoms with Gasteiger partial charge < -0.3 is 4.74 Å². The molecule has 2 aliphatic heterocycles. The van der Waals surface area contributed by atoms with Crippen LogP contribution < -0.4 is 0 Å².